The Morgan fingerprint density at radius 3 is 2.46 bits per heavy atom. The highest BCUT2D eigenvalue weighted by molar-refractivity contribution is 7.16. The van der Waals surface area contributed by atoms with Gasteiger partial charge in [0.05, 0.1) is 15.6 Å². The molecule has 1 aromatic rings. The van der Waals surface area contributed by atoms with E-state index in [0.717, 1.165) is 0 Å². The van der Waals surface area contributed by atoms with Gasteiger partial charge in [0.15, 0.2) is 5.78 Å². The second-order valence-corrected chi connectivity index (χ2v) is 3.49. The van der Waals surface area contributed by atoms with Crippen LogP contribution in [0.15, 0.2) is 12.1 Å². The summed E-state index contributed by atoms with van der Waals surface area (Å²) in [6.45, 7) is 0. The number of alkyl halides is 1. The first-order valence-corrected chi connectivity index (χ1v) is 4.53. The number of hydrogen-bond acceptors (Lipinski definition) is 3. The molecule has 3 nitrogen and oxygen atoms in total. The number of hydrogen-bond donors (Lipinski definition) is 2. The Morgan fingerprint density at radius 2 is 2.08 bits per heavy atom. The fourth-order valence-corrected chi connectivity index (χ4v) is 1.73. The highest BCUT2D eigenvalue weighted by atomic mass is 35.5. The maximum Gasteiger partial charge on any atom is 0.187 e. The molecule has 1 heterocycles. The Hall–Kier alpha value is -0.580. The number of thiophene rings is 1. The van der Waals surface area contributed by atoms with Gasteiger partial charge in [-0.1, -0.05) is 0 Å². The van der Waals surface area contributed by atoms with Crippen LogP contribution in [0.25, 0.3) is 0 Å². The zero-order valence-corrected chi connectivity index (χ0v) is 8.93. The van der Waals surface area contributed by atoms with Crippen LogP contribution in [-0.2, 0) is 0 Å². The lowest BCUT2D eigenvalue weighted by Gasteiger charge is -1.89. The molecular formula is C7H8Cl2N2OS. The minimum absolute atomic E-state index is 0. The van der Waals surface area contributed by atoms with Crippen LogP contribution in [0.3, 0.4) is 0 Å². The summed E-state index contributed by atoms with van der Waals surface area (Å²) in [5.41, 5.74) is 5.22. The number of nitrogen functional groups attached to an aromatic ring is 1. The van der Waals surface area contributed by atoms with E-state index in [1.807, 2.05) is 0 Å². The lowest BCUT2D eigenvalue weighted by molar-refractivity contribution is 0.102. The molecule has 1 rings (SSSR count). The number of nitrogens with two attached hydrogens (primary N) is 1. The van der Waals surface area contributed by atoms with E-state index in [-0.39, 0.29) is 29.9 Å². The fraction of sp³-hybridized carbons (Fsp3) is 0.143. The molecule has 0 spiro atoms. The van der Waals surface area contributed by atoms with E-state index < -0.39 is 0 Å². The Balaban J connectivity index is 0.00000144. The molecule has 0 saturated carbocycles. The molecule has 0 aromatic carbocycles. The maximum atomic E-state index is 11.0. The maximum absolute atomic E-state index is 11.0. The molecular weight excluding hydrogens is 231 g/mol. The van der Waals surface area contributed by atoms with Crippen LogP contribution >= 0.6 is 35.3 Å². The Morgan fingerprint density at radius 1 is 1.54 bits per heavy atom. The van der Waals surface area contributed by atoms with E-state index in [0.29, 0.717) is 9.75 Å². The van der Waals surface area contributed by atoms with E-state index in [9.17, 15) is 4.79 Å². The van der Waals surface area contributed by atoms with Crippen molar-refractivity contribution in [2.45, 2.75) is 0 Å². The first kappa shape index (κ1) is 12.4. The third kappa shape index (κ3) is 2.99. The van der Waals surface area contributed by atoms with Crippen molar-refractivity contribution in [2.75, 3.05) is 5.88 Å². The number of halogens is 2. The van der Waals surface area contributed by atoms with Crippen LogP contribution in [0, 0.1) is 5.41 Å². The number of Topliss-reactive ketones (excluding diaryl/α,β-unsaturated/α-hetero) is 1. The van der Waals surface area contributed by atoms with Gasteiger partial charge in [-0.2, -0.15) is 0 Å². The Labute approximate surface area is 90.8 Å². The molecule has 0 aliphatic heterocycles. The molecule has 0 aliphatic carbocycles. The number of rotatable bonds is 3. The zero-order chi connectivity index (χ0) is 9.14. The molecule has 0 aliphatic rings. The molecule has 6 heteroatoms. The summed E-state index contributed by atoms with van der Waals surface area (Å²) in [5, 5.41) is 7.09. The lowest BCUT2D eigenvalue weighted by atomic mass is 10.3. The molecule has 0 fully saturated rings. The van der Waals surface area contributed by atoms with Gasteiger partial charge in [-0.25, -0.2) is 0 Å². The second-order valence-electron chi connectivity index (χ2n) is 2.13. The SMILES string of the molecule is Cl.N=C(N)c1ccc(C(=O)CCl)s1. The third-order valence-corrected chi connectivity index (χ3v) is 2.67. The van der Waals surface area contributed by atoms with Crippen LogP contribution < -0.4 is 5.73 Å². The van der Waals surface area contributed by atoms with E-state index in [1.165, 1.54) is 11.3 Å². The third-order valence-electron chi connectivity index (χ3n) is 1.27. The van der Waals surface area contributed by atoms with Crippen molar-refractivity contribution >= 4 is 47.0 Å². The van der Waals surface area contributed by atoms with Gasteiger partial charge in [0.1, 0.15) is 5.84 Å². The minimum atomic E-state index is -0.130. The molecule has 13 heavy (non-hydrogen) atoms. The minimum Gasteiger partial charge on any atom is -0.383 e. The summed E-state index contributed by atoms with van der Waals surface area (Å²) in [6.07, 6.45) is 0. The van der Waals surface area contributed by atoms with E-state index in [1.54, 1.807) is 12.1 Å². The number of carbonyl (C=O) groups excluding carboxylic acids is 1. The van der Waals surface area contributed by atoms with Crippen LogP contribution in [0.5, 0.6) is 0 Å². The van der Waals surface area contributed by atoms with E-state index in [2.05, 4.69) is 0 Å². The van der Waals surface area contributed by atoms with Gasteiger partial charge in [-0.3, -0.25) is 10.2 Å². The quantitative estimate of drug-likeness (QED) is 0.366. The highest BCUT2D eigenvalue weighted by Gasteiger charge is 2.08. The van der Waals surface area contributed by atoms with Crippen molar-refractivity contribution in [3.63, 3.8) is 0 Å². The van der Waals surface area contributed by atoms with Crippen LogP contribution in [0.4, 0.5) is 0 Å². The van der Waals surface area contributed by atoms with Crippen molar-refractivity contribution in [3.8, 4) is 0 Å². The van der Waals surface area contributed by atoms with Gasteiger partial charge in [0.2, 0.25) is 0 Å². The predicted octanol–water partition coefficient (Wildman–Crippen LogP) is 1.88. The smallest absolute Gasteiger partial charge is 0.187 e. The first-order chi connectivity index (χ1) is 5.65. The van der Waals surface area contributed by atoms with Gasteiger partial charge in [0, 0.05) is 0 Å². The van der Waals surface area contributed by atoms with Gasteiger partial charge in [-0.15, -0.1) is 35.3 Å². The molecule has 0 unspecified atom stereocenters. The fourth-order valence-electron chi connectivity index (χ4n) is 0.698. The average molecular weight is 239 g/mol. The largest absolute Gasteiger partial charge is 0.383 e. The van der Waals surface area contributed by atoms with Crippen LogP contribution in [0.2, 0.25) is 0 Å². The normalized spacial score (nSPS) is 9.00. The summed E-state index contributed by atoms with van der Waals surface area (Å²) in [6, 6.07) is 3.28. The standard InChI is InChI=1S/C7H7ClN2OS.ClH/c8-3-4(11)5-1-2-6(12-5)7(9)10;/h1-2H,3H2,(H3,9,10);1H. The van der Waals surface area contributed by atoms with Crippen molar-refractivity contribution in [1.82, 2.24) is 0 Å². The summed E-state index contributed by atoms with van der Waals surface area (Å²) >= 11 is 6.54. The van der Waals surface area contributed by atoms with Crippen molar-refractivity contribution in [2.24, 2.45) is 5.73 Å². The molecule has 0 atom stereocenters. The monoisotopic (exact) mass is 238 g/mol. The summed E-state index contributed by atoms with van der Waals surface area (Å²) in [4.78, 5) is 12.2. The first-order valence-electron chi connectivity index (χ1n) is 3.18. The molecule has 0 radical (unpaired) electrons. The van der Waals surface area contributed by atoms with Crippen LogP contribution in [-0.4, -0.2) is 17.5 Å². The topological polar surface area (TPSA) is 66.9 Å². The highest BCUT2D eigenvalue weighted by Crippen LogP contribution is 2.16. The summed E-state index contributed by atoms with van der Waals surface area (Å²) in [7, 11) is 0. The zero-order valence-electron chi connectivity index (χ0n) is 6.54. The number of amidine groups is 1. The van der Waals surface area contributed by atoms with Crippen LogP contribution in [0.1, 0.15) is 14.5 Å². The molecule has 1 aromatic heterocycles. The molecule has 0 bridgehead atoms. The van der Waals surface area contributed by atoms with Crippen molar-refractivity contribution < 1.29 is 4.79 Å². The number of ketones is 1. The van der Waals surface area contributed by atoms with Gasteiger partial charge in [0.25, 0.3) is 0 Å². The molecule has 0 amide bonds. The van der Waals surface area contributed by atoms with Crippen molar-refractivity contribution in [1.29, 1.82) is 5.41 Å². The van der Waals surface area contributed by atoms with E-state index >= 15 is 0 Å². The van der Waals surface area contributed by atoms with Crippen molar-refractivity contribution in [3.05, 3.63) is 21.9 Å². The number of carbonyl (C=O) groups is 1. The number of nitrogens with one attached hydrogen (secondary N) is 1. The predicted molar refractivity (Wildman–Crippen MR) is 57.6 cm³/mol. The molecule has 3 N–H and O–H groups in total. The summed E-state index contributed by atoms with van der Waals surface area (Å²) < 4.78 is 0. The lowest BCUT2D eigenvalue weighted by Crippen LogP contribution is -2.08. The van der Waals surface area contributed by atoms with Gasteiger partial charge < -0.3 is 5.73 Å². The average Bonchev–Trinajstić information content (AvgIpc) is 2.51. The van der Waals surface area contributed by atoms with Gasteiger partial charge in [-0.05, 0) is 12.1 Å². The summed E-state index contributed by atoms with van der Waals surface area (Å²) in [5.74, 6) is -0.180. The Bertz CT molecular complexity index is 324. The Kier molecular flexibility index (Phi) is 4.98. The second kappa shape index (κ2) is 5.21. The van der Waals surface area contributed by atoms with Gasteiger partial charge >= 0.3 is 0 Å². The molecule has 72 valence electrons. The van der Waals surface area contributed by atoms with E-state index in [4.69, 9.17) is 22.7 Å². The molecule has 0 saturated heterocycles.